The van der Waals surface area contributed by atoms with E-state index in [2.05, 4.69) is 6.58 Å². The largest absolute Gasteiger partial charge is 0.497 e. The van der Waals surface area contributed by atoms with Crippen LogP contribution in [0.3, 0.4) is 0 Å². The van der Waals surface area contributed by atoms with Crippen molar-refractivity contribution in [3.8, 4) is 5.75 Å². The first-order chi connectivity index (χ1) is 13.4. The first kappa shape index (κ1) is 20.9. The summed E-state index contributed by atoms with van der Waals surface area (Å²) in [6, 6.07) is 15.2. The summed E-state index contributed by atoms with van der Waals surface area (Å²) in [5.41, 5.74) is 1.87. The molecule has 0 amide bonds. The summed E-state index contributed by atoms with van der Waals surface area (Å²) in [6.07, 6.45) is -4.96. The molecule has 1 heterocycles. The molecular weight excluding hydrogens is 380 g/mol. The van der Waals surface area contributed by atoms with Gasteiger partial charge in [0.2, 0.25) is 0 Å². The van der Waals surface area contributed by atoms with Crippen molar-refractivity contribution in [1.29, 1.82) is 0 Å². The number of aliphatic hydroxyl groups excluding tert-OH is 4. The lowest BCUT2D eigenvalue weighted by molar-refractivity contribution is -0.205. The molecule has 0 bridgehead atoms. The van der Waals surface area contributed by atoms with Gasteiger partial charge in [-0.3, -0.25) is 0 Å². The maximum Gasteiger partial charge on any atom is 0.136 e. The van der Waals surface area contributed by atoms with E-state index in [9.17, 15) is 20.4 Å². The van der Waals surface area contributed by atoms with Gasteiger partial charge in [0, 0.05) is 4.90 Å². The van der Waals surface area contributed by atoms with Gasteiger partial charge in [0.25, 0.3) is 0 Å². The Bertz CT molecular complexity index is 807. The Morgan fingerprint density at radius 3 is 2.39 bits per heavy atom. The van der Waals surface area contributed by atoms with E-state index >= 15 is 0 Å². The number of rotatable bonds is 6. The first-order valence-electron chi connectivity index (χ1n) is 8.85. The van der Waals surface area contributed by atoms with E-state index in [0.29, 0.717) is 0 Å². The summed E-state index contributed by atoms with van der Waals surface area (Å²) in [4.78, 5) is 0.802. The minimum absolute atomic E-state index is 0.448. The Kier molecular flexibility index (Phi) is 6.77. The van der Waals surface area contributed by atoms with Crippen LogP contribution in [0.5, 0.6) is 5.75 Å². The van der Waals surface area contributed by atoms with E-state index in [1.165, 1.54) is 11.8 Å². The highest BCUT2D eigenvalue weighted by Gasteiger charge is 2.43. The molecule has 0 spiro atoms. The molecule has 2 aromatic rings. The van der Waals surface area contributed by atoms with Gasteiger partial charge in [0.1, 0.15) is 35.6 Å². The van der Waals surface area contributed by atoms with Crippen LogP contribution in [0, 0.1) is 0 Å². The molecule has 4 N–H and O–H groups in total. The molecule has 1 aliphatic heterocycles. The predicted molar refractivity (Wildman–Crippen MR) is 107 cm³/mol. The number of methoxy groups -OCH3 is 1. The third-order valence-electron chi connectivity index (χ3n) is 4.72. The van der Waals surface area contributed by atoms with Crippen molar-refractivity contribution in [3.63, 3.8) is 0 Å². The maximum atomic E-state index is 10.2. The second-order valence-corrected chi connectivity index (χ2v) is 7.72. The van der Waals surface area contributed by atoms with E-state index in [-0.39, 0.29) is 0 Å². The quantitative estimate of drug-likeness (QED) is 0.581. The van der Waals surface area contributed by atoms with Crippen molar-refractivity contribution in [1.82, 2.24) is 0 Å². The lowest BCUT2D eigenvalue weighted by atomic mass is 10.00. The van der Waals surface area contributed by atoms with Gasteiger partial charge in [-0.1, -0.05) is 42.6 Å². The van der Waals surface area contributed by atoms with Crippen molar-refractivity contribution in [2.45, 2.75) is 34.7 Å². The summed E-state index contributed by atoms with van der Waals surface area (Å²) in [7, 11) is 1.61. The molecule has 0 radical (unpaired) electrons. The number of hydrogen-bond donors (Lipinski definition) is 4. The fraction of sp³-hybridized carbons (Fsp3) is 0.333. The third-order valence-corrected chi connectivity index (χ3v) is 5.87. The number of aliphatic hydroxyl groups is 4. The minimum atomic E-state index is -1.39. The summed E-state index contributed by atoms with van der Waals surface area (Å²) in [5.74, 6) is 0.767. The molecule has 150 valence electrons. The van der Waals surface area contributed by atoms with Crippen LogP contribution in [0.4, 0.5) is 0 Å². The minimum Gasteiger partial charge on any atom is -0.497 e. The van der Waals surface area contributed by atoms with Crippen molar-refractivity contribution in [3.05, 3.63) is 66.2 Å². The summed E-state index contributed by atoms with van der Waals surface area (Å²) < 4.78 is 10.7. The van der Waals surface area contributed by atoms with Gasteiger partial charge >= 0.3 is 0 Å². The lowest BCUT2D eigenvalue weighted by Crippen LogP contribution is -2.57. The molecule has 3 rings (SSSR count). The standard InChI is InChI=1S/C21H24O6S/c1-12(13-6-8-15(26-2)9-7-13)14-4-3-5-16(10-14)28-21-20(25)19(24)18(23)17(11-22)27-21/h3-10,17-25H,1,11H2,2H3/t17-,18+,19+,20-,21+/m1/s1. The zero-order valence-electron chi connectivity index (χ0n) is 15.4. The zero-order valence-corrected chi connectivity index (χ0v) is 16.2. The fourth-order valence-electron chi connectivity index (χ4n) is 3.01. The van der Waals surface area contributed by atoms with Crippen LogP contribution in [0.2, 0.25) is 0 Å². The zero-order chi connectivity index (χ0) is 20.3. The van der Waals surface area contributed by atoms with Crippen molar-refractivity contribution < 1.29 is 29.9 Å². The third kappa shape index (κ3) is 4.41. The van der Waals surface area contributed by atoms with Crippen LogP contribution in [0.15, 0.2) is 60.0 Å². The summed E-state index contributed by atoms with van der Waals surface area (Å²) in [6.45, 7) is 3.72. The second-order valence-electron chi connectivity index (χ2n) is 6.55. The molecule has 0 aliphatic carbocycles. The van der Waals surface area contributed by atoms with Gasteiger partial charge in [-0.15, -0.1) is 0 Å². The molecule has 1 aliphatic rings. The average molecular weight is 404 g/mol. The van der Waals surface area contributed by atoms with Gasteiger partial charge in [0.05, 0.1) is 13.7 Å². The summed E-state index contributed by atoms with van der Waals surface area (Å²) >= 11 is 1.21. The van der Waals surface area contributed by atoms with E-state index in [0.717, 1.165) is 27.3 Å². The molecule has 1 fully saturated rings. The molecule has 28 heavy (non-hydrogen) atoms. The topological polar surface area (TPSA) is 99.4 Å². The molecule has 0 aromatic heterocycles. The lowest BCUT2D eigenvalue weighted by Gasteiger charge is -2.39. The smallest absolute Gasteiger partial charge is 0.136 e. The second kappa shape index (κ2) is 9.09. The van der Waals surface area contributed by atoms with E-state index < -0.39 is 36.5 Å². The van der Waals surface area contributed by atoms with Gasteiger partial charge in [-0.05, 0) is 41.0 Å². The molecular formula is C21H24O6S. The normalized spacial score (nSPS) is 27.4. The van der Waals surface area contributed by atoms with Crippen LogP contribution in [0.25, 0.3) is 5.57 Å². The summed E-state index contributed by atoms with van der Waals surface area (Å²) in [5, 5.41) is 39.4. The van der Waals surface area contributed by atoms with E-state index in [1.54, 1.807) is 7.11 Å². The Balaban J connectivity index is 1.76. The van der Waals surface area contributed by atoms with Crippen LogP contribution < -0.4 is 4.74 Å². The molecule has 1 saturated heterocycles. The molecule has 7 heteroatoms. The van der Waals surface area contributed by atoms with Crippen molar-refractivity contribution in [2.75, 3.05) is 13.7 Å². The van der Waals surface area contributed by atoms with Gasteiger partial charge < -0.3 is 29.9 Å². The fourth-order valence-corrected chi connectivity index (χ4v) is 4.13. The SMILES string of the molecule is C=C(c1ccc(OC)cc1)c1cccc(S[C@@H]2O[C@H](CO)[C@H](O)[C@H](O)[C@H]2O)c1. The van der Waals surface area contributed by atoms with Crippen LogP contribution >= 0.6 is 11.8 Å². The van der Waals surface area contributed by atoms with Gasteiger partial charge in [-0.25, -0.2) is 0 Å². The van der Waals surface area contributed by atoms with Crippen LogP contribution in [0.1, 0.15) is 11.1 Å². The highest BCUT2D eigenvalue weighted by Crippen LogP contribution is 2.35. The number of thioether (sulfide) groups is 1. The maximum absolute atomic E-state index is 10.2. The first-order valence-corrected chi connectivity index (χ1v) is 9.73. The van der Waals surface area contributed by atoms with Crippen molar-refractivity contribution in [2.24, 2.45) is 0 Å². The molecule has 5 atom stereocenters. The number of ether oxygens (including phenoxy) is 2. The van der Waals surface area contributed by atoms with Crippen LogP contribution in [-0.2, 0) is 4.74 Å². The van der Waals surface area contributed by atoms with E-state index in [4.69, 9.17) is 9.47 Å². The Labute approximate surface area is 168 Å². The monoisotopic (exact) mass is 404 g/mol. The predicted octanol–water partition coefficient (Wildman–Crippen LogP) is 1.65. The number of benzene rings is 2. The Morgan fingerprint density at radius 1 is 1.04 bits per heavy atom. The molecule has 6 nitrogen and oxygen atoms in total. The van der Waals surface area contributed by atoms with Crippen LogP contribution in [-0.4, -0.2) is 64.0 Å². The van der Waals surface area contributed by atoms with Gasteiger partial charge in [0.15, 0.2) is 0 Å². The highest BCUT2D eigenvalue weighted by molar-refractivity contribution is 7.99. The average Bonchev–Trinajstić information content (AvgIpc) is 2.74. The molecule has 2 aromatic carbocycles. The number of hydrogen-bond acceptors (Lipinski definition) is 7. The van der Waals surface area contributed by atoms with E-state index in [1.807, 2.05) is 48.5 Å². The highest BCUT2D eigenvalue weighted by atomic mass is 32.2. The Morgan fingerprint density at radius 2 is 1.75 bits per heavy atom. The molecule has 0 unspecified atom stereocenters. The van der Waals surface area contributed by atoms with Crippen molar-refractivity contribution >= 4 is 17.3 Å². The molecule has 0 saturated carbocycles. The Hall–Kier alpha value is -1.87. The van der Waals surface area contributed by atoms with Gasteiger partial charge in [-0.2, -0.15) is 0 Å².